The van der Waals surface area contributed by atoms with Crippen LogP contribution in [0.3, 0.4) is 0 Å². The summed E-state index contributed by atoms with van der Waals surface area (Å²) in [7, 11) is -0.355. The van der Waals surface area contributed by atoms with Crippen molar-refractivity contribution in [1.82, 2.24) is 9.78 Å². The van der Waals surface area contributed by atoms with Gasteiger partial charge in [0.15, 0.2) is 0 Å². The van der Waals surface area contributed by atoms with Crippen LogP contribution < -0.4 is 5.46 Å². The van der Waals surface area contributed by atoms with Crippen molar-refractivity contribution in [1.29, 1.82) is 0 Å². The minimum absolute atomic E-state index is 0.0979. The Bertz CT molecular complexity index is 633. The van der Waals surface area contributed by atoms with Crippen LogP contribution in [0.4, 0.5) is 0 Å². The molecule has 6 nitrogen and oxygen atoms in total. The minimum atomic E-state index is -0.389. The molecule has 0 bridgehead atoms. The largest absolute Gasteiger partial charge is 0.498 e. The molecular formula is C21H37BN2O4. The maximum atomic E-state index is 11.7. The number of carbonyl (C=O) groups excluding carboxylic acids is 1. The summed E-state index contributed by atoms with van der Waals surface area (Å²) < 4.78 is 19.4. The number of aromatic nitrogens is 2. The molecule has 0 atom stereocenters. The van der Waals surface area contributed by atoms with Crippen LogP contribution in [-0.4, -0.2) is 39.7 Å². The van der Waals surface area contributed by atoms with Gasteiger partial charge in [-0.05, 0) is 61.3 Å². The van der Waals surface area contributed by atoms with E-state index >= 15 is 0 Å². The van der Waals surface area contributed by atoms with Crippen molar-refractivity contribution in [3.05, 3.63) is 12.4 Å². The van der Waals surface area contributed by atoms with Gasteiger partial charge in [-0.3, -0.25) is 9.48 Å². The highest BCUT2D eigenvalue weighted by atomic mass is 16.7. The van der Waals surface area contributed by atoms with Crippen molar-refractivity contribution in [2.24, 2.45) is 0 Å². The summed E-state index contributed by atoms with van der Waals surface area (Å²) >= 11 is 0. The average molecular weight is 392 g/mol. The molecule has 7 heteroatoms. The molecule has 0 radical (unpaired) electrons. The Morgan fingerprint density at radius 3 is 2.25 bits per heavy atom. The first-order valence-corrected chi connectivity index (χ1v) is 10.5. The van der Waals surface area contributed by atoms with Gasteiger partial charge >= 0.3 is 13.1 Å². The monoisotopic (exact) mass is 392 g/mol. The average Bonchev–Trinajstić information content (AvgIpc) is 3.07. The van der Waals surface area contributed by atoms with Gasteiger partial charge in [-0.25, -0.2) is 0 Å². The van der Waals surface area contributed by atoms with E-state index in [1.807, 2.05) is 37.8 Å². The number of hydrogen-bond donors (Lipinski definition) is 0. The second-order valence-electron chi connectivity index (χ2n) is 9.73. The van der Waals surface area contributed by atoms with Gasteiger partial charge in [-0.2, -0.15) is 5.10 Å². The molecule has 2 heterocycles. The lowest BCUT2D eigenvalue weighted by Crippen LogP contribution is -2.41. The molecule has 0 aliphatic carbocycles. The first-order chi connectivity index (χ1) is 12.9. The minimum Gasteiger partial charge on any atom is -0.460 e. The van der Waals surface area contributed by atoms with Crippen molar-refractivity contribution in [3.63, 3.8) is 0 Å². The van der Waals surface area contributed by atoms with E-state index in [0.717, 1.165) is 44.1 Å². The molecule has 1 aromatic rings. The topological polar surface area (TPSA) is 62.6 Å². The van der Waals surface area contributed by atoms with E-state index in [1.54, 1.807) is 0 Å². The number of nitrogens with zero attached hydrogens (tertiary/aromatic N) is 2. The van der Waals surface area contributed by atoms with Crippen molar-refractivity contribution >= 4 is 18.6 Å². The number of unbranched alkanes of at least 4 members (excludes halogenated alkanes) is 4. The predicted octanol–water partition coefficient (Wildman–Crippen LogP) is 3.86. The molecular weight excluding hydrogens is 355 g/mol. The maximum absolute atomic E-state index is 11.7. The molecule has 1 aliphatic heterocycles. The van der Waals surface area contributed by atoms with E-state index < -0.39 is 0 Å². The molecule has 28 heavy (non-hydrogen) atoms. The fraction of sp³-hybridized carbons (Fsp3) is 0.810. The van der Waals surface area contributed by atoms with E-state index in [1.165, 1.54) is 0 Å². The van der Waals surface area contributed by atoms with Gasteiger partial charge < -0.3 is 14.0 Å². The Hall–Kier alpha value is -1.34. The molecule has 0 aromatic carbocycles. The van der Waals surface area contributed by atoms with E-state index in [4.69, 9.17) is 14.0 Å². The van der Waals surface area contributed by atoms with E-state index in [9.17, 15) is 4.79 Å². The standard InChI is InChI=1S/C21H37BN2O4/c1-19(2,3)26-18(25)13-11-9-8-10-12-14-24-16-17(15-23-24)22-27-20(4,5)21(6,7)28-22/h15-16H,8-14H2,1-7H3. The Morgan fingerprint density at radius 1 is 1.07 bits per heavy atom. The van der Waals surface area contributed by atoms with E-state index in [-0.39, 0.29) is 29.9 Å². The highest BCUT2D eigenvalue weighted by Gasteiger charge is 2.52. The fourth-order valence-corrected chi connectivity index (χ4v) is 3.07. The smallest absolute Gasteiger partial charge is 0.460 e. The quantitative estimate of drug-likeness (QED) is 0.363. The van der Waals surface area contributed by atoms with Gasteiger partial charge in [0.05, 0.1) is 11.2 Å². The third-order valence-electron chi connectivity index (χ3n) is 5.37. The first-order valence-electron chi connectivity index (χ1n) is 10.5. The fourth-order valence-electron chi connectivity index (χ4n) is 3.07. The number of hydrogen-bond acceptors (Lipinski definition) is 5. The van der Waals surface area contributed by atoms with Crippen LogP contribution >= 0.6 is 0 Å². The lowest BCUT2D eigenvalue weighted by molar-refractivity contribution is -0.154. The molecule has 1 aromatic heterocycles. The van der Waals surface area contributed by atoms with Crippen LogP contribution in [-0.2, 0) is 25.4 Å². The van der Waals surface area contributed by atoms with Crippen LogP contribution in [0.5, 0.6) is 0 Å². The van der Waals surface area contributed by atoms with Gasteiger partial charge in [0.2, 0.25) is 0 Å². The van der Waals surface area contributed by atoms with Gasteiger partial charge in [-0.15, -0.1) is 0 Å². The summed E-state index contributed by atoms with van der Waals surface area (Å²) in [6.45, 7) is 14.8. The van der Waals surface area contributed by atoms with E-state index in [0.29, 0.717) is 6.42 Å². The van der Waals surface area contributed by atoms with Crippen LogP contribution in [0.15, 0.2) is 12.4 Å². The third-order valence-corrected chi connectivity index (χ3v) is 5.37. The zero-order valence-corrected chi connectivity index (χ0v) is 18.7. The van der Waals surface area contributed by atoms with Crippen molar-refractivity contribution in [3.8, 4) is 0 Å². The van der Waals surface area contributed by atoms with Crippen LogP contribution in [0, 0.1) is 0 Å². The van der Waals surface area contributed by atoms with Crippen molar-refractivity contribution in [2.75, 3.05) is 0 Å². The summed E-state index contributed by atoms with van der Waals surface area (Å²) in [4.78, 5) is 11.7. The van der Waals surface area contributed by atoms with E-state index in [2.05, 4.69) is 32.8 Å². The number of rotatable bonds is 9. The number of carbonyl (C=O) groups is 1. The second-order valence-corrected chi connectivity index (χ2v) is 9.73. The maximum Gasteiger partial charge on any atom is 0.498 e. The molecule has 2 rings (SSSR count). The number of aryl methyl sites for hydroxylation is 1. The van der Waals surface area contributed by atoms with Crippen molar-refractivity contribution in [2.45, 2.75) is 110 Å². The Labute approximate surface area is 170 Å². The SMILES string of the molecule is CC(C)(C)OC(=O)CCCCCCCn1cc(B2OC(C)(C)C(C)(C)O2)cn1. The third kappa shape index (κ3) is 6.62. The number of esters is 1. The van der Waals surface area contributed by atoms with Gasteiger partial charge in [0, 0.05) is 30.8 Å². The normalized spacial score (nSPS) is 18.5. The second kappa shape index (κ2) is 8.99. The number of ether oxygens (including phenoxy) is 1. The summed E-state index contributed by atoms with van der Waals surface area (Å²) in [6, 6.07) is 0. The first kappa shape index (κ1) is 22.9. The van der Waals surface area contributed by atoms with Crippen LogP contribution in [0.2, 0.25) is 0 Å². The molecule has 0 unspecified atom stereocenters. The molecule has 0 N–H and O–H groups in total. The predicted molar refractivity (Wildman–Crippen MR) is 111 cm³/mol. The molecule has 0 amide bonds. The van der Waals surface area contributed by atoms with Gasteiger partial charge in [0.1, 0.15) is 5.60 Å². The zero-order valence-electron chi connectivity index (χ0n) is 18.7. The summed E-state index contributed by atoms with van der Waals surface area (Å²) in [5.41, 5.74) is -0.0891. The lowest BCUT2D eigenvalue weighted by Gasteiger charge is -2.32. The van der Waals surface area contributed by atoms with Gasteiger partial charge in [-0.1, -0.05) is 19.3 Å². The van der Waals surface area contributed by atoms with Gasteiger partial charge in [0.25, 0.3) is 0 Å². The Kier molecular flexibility index (Phi) is 7.37. The molecule has 0 spiro atoms. The zero-order chi connectivity index (χ0) is 21.0. The summed E-state index contributed by atoms with van der Waals surface area (Å²) in [6.07, 6.45) is 9.62. The van der Waals surface area contributed by atoms with Crippen LogP contribution in [0.25, 0.3) is 0 Å². The van der Waals surface area contributed by atoms with Crippen LogP contribution in [0.1, 0.15) is 87.0 Å². The molecule has 158 valence electrons. The Morgan fingerprint density at radius 2 is 1.64 bits per heavy atom. The Balaban J connectivity index is 1.62. The molecule has 0 saturated carbocycles. The highest BCUT2D eigenvalue weighted by Crippen LogP contribution is 2.36. The summed E-state index contributed by atoms with van der Waals surface area (Å²) in [5.74, 6) is -0.0979. The molecule has 1 saturated heterocycles. The molecule has 1 aliphatic rings. The summed E-state index contributed by atoms with van der Waals surface area (Å²) in [5, 5.41) is 4.44. The lowest BCUT2D eigenvalue weighted by atomic mass is 9.82. The van der Waals surface area contributed by atoms with Crippen molar-refractivity contribution < 1.29 is 18.8 Å². The highest BCUT2D eigenvalue weighted by molar-refractivity contribution is 6.61. The molecule has 1 fully saturated rings.